The molecule has 4 amide bonds. The molecule has 162 valence electrons. The monoisotopic (exact) mass is 425 g/mol. The summed E-state index contributed by atoms with van der Waals surface area (Å²) in [6, 6.07) is 11.1. The van der Waals surface area contributed by atoms with E-state index in [4.69, 9.17) is 0 Å². The van der Waals surface area contributed by atoms with Crippen LogP contribution in [0.2, 0.25) is 0 Å². The van der Waals surface area contributed by atoms with Gasteiger partial charge in [0, 0.05) is 24.1 Å². The Morgan fingerprint density at radius 2 is 1.55 bits per heavy atom. The number of nitrogens with one attached hydrogen (secondary N) is 2. The lowest BCUT2D eigenvalue weighted by molar-refractivity contribution is -0.139. The Kier molecular flexibility index (Phi) is 6.79. The minimum Gasteiger partial charge on any atom is -0.340 e. The van der Waals surface area contributed by atoms with Crippen LogP contribution in [0.3, 0.4) is 0 Å². The number of benzene rings is 2. The highest BCUT2D eigenvalue weighted by molar-refractivity contribution is 6.02. The first kappa shape index (κ1) is 22.1. The van der Waals surface area contributed by atoms with Gasteiger partial charge in [-0.05, 0) is 47.9 Å². The van der Waals surface area contributed by atoms with Gasteiger partial charge in [-0.15, -0.1) is 0 Å². The molecule has 2 N–H and O–H groups in total. The van der Waals surface area contributed by atoms with Crippen LogP contribution in [0.15, 0.2) is 48.5 Å². The fraction of sp³-hybridized carbons (Fsp3) is 0.304. The lowest BCUT2D eigenvalue weighted by Gasteiger charge is -2.22. The van der Waals surface area contributed by atoms with Gasteiger partial charge >= 0.3 is 0 Å². The van der Waals surface area contributed by atoms with E-state index in [2.05, 4.69) is 10.6 Å². The third kappa shape index (κ3) is 5.53. The Bertz CT molecular complexity index is 971. The summed E-state index contributed by atoms with van der Waals surface area (Å²) in [4.78, 5) is 49.9. The third-order valence-electron chi connectivity index (χ3n) is 5.06. The van der Waals surface area contributed by atoms with E-state index in [1.54, 1.807) is 24.3 Å². The zero-order valence-corrected chi connectivity index (χ0v) is 17.4. The number of hydrogen-bond acceptors (Lipinski definition) is 4. The molecule has 0 spiro atoms. The fourth-order valence-corrected chi connectivity index (χ4v) is 3.26. The number of hydrogen-bond donors (Lipinski definition) is 2. The largest absolute Gasteiger partial charge is 0.340 e. The number of carbonyl (C=O) groups is 4. The lowest BCUT2D eigenvalue weighted by Crippen LogP contribution is -2.47. The van der Waals surface area contributed by atoms with Crippen LogP contribution in [0.5, 0.6) is 0 Å². The normalized spacial score (nSPS) is 14.6. The van der Waals surface area contributed by atoms with Crippen molar-refractivity contribution in [3.05, 3.63) is 65.5 Å². The first-order valence-corrected chi connectivity index (χ1v) is 10.0. The predicted octanol–water partition coefficient (Wildman–Crippen LogP) is 2.87. The van der Waals surface area contributed by atoms with Crippen LogP contribution in [0.4, 0.5) is 10.1 Å². The van der Waals surface area contributed by atoms with Crippen LogP contribution in [0.25, 0.3) is 0 Å². The standard InChI is InChI=1S/C23H24FN3O4/c1-14(2)21(26-22(30)16-5-7-17(24)8-6-16)23(31)25-18-9-3-15(4-10-18)13-27-19(28)11-12-20(27)29/h3-10,14,21H,11-13H2,1-2H3,(H,25,31)(H,26,30). The molecule has 1 saturated heterocycles. The molecule has 0 radical (unpaired) electrons. The van der Waals surface area contributed by atoms with E-state index in [-0.39, 0.29) is 48.6 Å². The SMILES string of the molecule is CC(C)C(NC(=O)c1ccc(F)cc1)C(=O)Nc1ccc(CN2C(=O)CCC2=O)cc1. The Labute approximate surface area is 179 Å². The molecule has 2 aromatic rings. The Morgan fingerprint density at radius 3 is 2.10 bits per heavy atom. The van der Waals surface area contributed by atoms with E-state index in [0.717, 1.165) is 5.56 Å². The van der Waals surface area contributed by atoms with Gasteiger partial charge in [0.25, 0.3) is 5.91 Å². The van der Waals surface area contributed by atoms with Crippen molar-refractivity contribution >= 4 is 29.3 Å². The Morgan fingerprint density at radius 1 is 0.968 bits per heavy atom. The molecule has 1 aliphatic rings. The van der Waals surface area contributed by atoms with Crippen molar-refractivity contribution in [2.75, 3.05) is 5.32 Å². The molecule has 1 atom stereocenters. The van der Waals surface area contributed by atoms with E-state index in [1.165, 1.54) is 29.2 Å². The van der Waals surface area contributed by atoms with Gasteiger partial charge in [0.05, 0.1) is 6.54 Å². The van der Waals surface area contributed by atoms with Gasteiger partial charge in [0.15, 0.2) is 0 Å². The quantitative estimate of drug-likeness (QED) is 0.667. The van der Waals surface area contributed by atoms with Crippen molar-refractivity contribution in [3.8, 4) is 0 Å². The number of likely N-dealkylation sites (tertiary alicyclic amines) is 1. The van der Waals surface area contributed by atoms with E-state index in [1.807, 2.05) is 13.8 Å². The second kappa shape index (κ2) is 9.51. The number of rotatable bonds is 7. The molecule has 8 heteroatoms. The van der Waals surface area contributed by atoms with E-state index in [0.29, 0.717) is 5.69 Å². The molecule has 2 aromatic carbocycles. The number of amides is 4. The average Bonchev–Trinajstić information content (AvgIpc) is 3.05. The highest BCUT2D eigenvalue weighted by atomic mass is 19.1. The molecule has 1 aliphatic heterocycles. The van der Waals surface area contributed by atoms with Gasteiger partial charge in [-0.3, -0.25) is 24.1 Å². The van der Waals surface area contributed by atoms with Crippen molar-refractivity contribution in [1.82, 2.24) is 10.2 Å². The van der Waals surface area contributed by atoms with Crippen molar-refractivity contribution in [2.45, 2.75) is 39.3 Å². The Balaban J connectivity index is 1.62. The van der Waals surface area contributed by atoms with Crippen LogP contribution in [0.1, 0.15) is 42.6 Å². The minimum atomic E-state index is -0.794. The lowest BCUT2D eigenvalue weighted by atomic mass is 10.0. The first-order valence-electron chi connectivity index (χ1n) is 10.0. The topological polar surface area (TPSA) is 95.6 Å². The summed E-state index contributed by atoms with van der Waals surface area (Å²) in [7, 11) is 0. The molecule has 3 rings (SSSR count). The molecule has 1 unspecified atom stereocenters. The van der Waals surface area contributed by atoms with Gasteiger partial charge in [0.2, 0.25) is 17.7 Å². The second-order valence-electron chi connectivity index (χ2n) is 7.76. The van der Waals surface area contributed by atoms with Crippen molar-refractivity contribution in [1.29, 1.82) is 0 Å². The summed E-state index contributed by atoms with van der Waals surface area (Å²) >= 11 is 0. The summed E-state index contributed by atoms with van der Waals surface area (Å²) in [5.41, 5.74) is 1.55. The van der Waals surface area contributed by atoms with Crippen molar-refractivity contribution < 1.29 is 23.6 Å². The van der Waals surface area contributed by atoms with Crippen molar-refractivity contribution in [2.24, 2.45) is 5.92 Å². The maximum absolute atomic E-state index is 13.1. The van der Waals surface area contributed by atoms with Gasteiger partial charge in [-0.25, -0.2) is 4.39 Å². The molecule has 0 saturated carbocycles. The van der Waals surface area contributed by atoms with Gasteiger partial charge in [-0.2, -0.15) is 0 Å². The molecule has 0 bridgehead atoms. The Hall–Kier alpha value is -3.55. The minimum absolute atomic E-state index is 0.181. The molecule has 1 heterocycles. The number of imide groups is 1. The van der Waals surface area contributed by atoms with Crippen LogP contribution >= 0.6 is 0 Å². The summed E-state index contributed by atoms with van der Waals surface area (Å²) in [5, 5.41) is 5.45. The smallest absolute Gasteiger partial charge is 0.251 e. The van der Waals surface area contributed by atoms with Crippen LogP contribution in [-0.4, -0.2) is 34.6 Å². The summed E-state index contributed by atoms with van der Waals surface area (Å²) in [5.74, 6) is -1.85. The molecule has 0 aromatic heterocycles. The molecular formula is C23H24FN3O4. The van der Waals surface area contributed by atoms with Crippen molar-refractivity contribution in [3.63, 3.8) is 0 Å². The molecular weight excluding hydrogens is 401 g/mol. The zero-order valence-electron chi connectivity index (χ0n) is 17.4. The fourth-order valence-electron chi connectivity index (χ4n) is 3.26. The maximum atomic E-state index is 13.1. The summed E-state index contributed by atoms with van der Waals surface area (Å²) in [6.07, 6.45) is 0.487. The number of anilines is 1. The van der Waals surface area contributed by atoms with Crippen LogP contribution in [0, 0.1) is 11.7 Å². The molecule has 0 aliphatic carbocycles. The maximum Gasteiger partial charge on any atom is 0.251 e. The molecule has 31 heavy (non-hydrogen) atoms. The van der Waals surface area contributed by atoms with Gasteiger partial charge in [0.1, 0.15) is 11.9 Å². The van der Waals surface area contributed by atoms with Gasteiger partial charge in [-0.1, -0.05) is 26.0 Å². The molecule has 7 nitrogen and oxygen atoms in total. The van der Waals surface area contributed by atoms with E-state index >= 15 is 0 Å². The van der Waals surface area contributed by atoms with Crippen LogP contribution in [-0.2, 0) is 20.9 Å². The number of carbonyl (C=O) groups excluding carboxylic acids is 4. The number of halogens is 1. The summed E-state index contributed by atoms with van der Waals surface area (Å²) in [6.45, 7) is 3.82. The number of nitrogens with zero attached hydrogens (tertiary/aromatic N) is 1. The molecule has 1 fully saturated rings. The van der Waals surface area contributed by atoms with Gasteiger partial charge < -0.3 is 10.6 Å². The average molecular weight is 425 g/mol. The zero-order chi connectivity index (χ0) is 22.5. The second-order valence-corrected chi connectivity index (χ2v) is 7.76. The predicted molar refractivity (Wildman–Crippen MR) is 112 cm³/mol. The van der Waals surface area contributed by atoms with Crippen LogP contribution < -0.4 is 10.6 Å². The van der Waals surface area contributed by atoms with E-state index in [9.17, 15) is 23.6 Å². The highest BCUT2D eigenvalue weighted by Crippen LogP contribution is 2.18. The first-order chi connectivity index (χ1) is 14.7. The third-order valence-corrected chi connectivity index (χ3v) is 5.06. The highest BCUT2D eigenvalue weighted by Gasteiger charge is 2.29. The van der Waals surface area contributed by atoms with E-state index < -0.39 is 17.8 Å². The summed E-state index contributed by atoms with van der Waals surface area (Å²) < 4.78 is 13.1.